The van der Waals surface area contributed by atoms with E-state index in [1.807, 2.05) is 0 Å². The first-order chi connectivity index (χ1) is 43.9. The molecule has 7 atom stereocenters. The molecule has 2 aliphatic heterocycles. The molecule has 0 radical (unpaired) electrons. The van der Waals surface area contributed by atoms with Crippen molar-refractivity contribution in [2.75, 3.05) is 67.7 Å². The number of anilines is 1. The number of nitrogens with two attached hydrogens (primary N) is 4. The number of piperidine rings is 1. The molecule has 0 saturated carbocycles. The van der Waals surface area contributed by atoms with Gasteiger partial charge in [-0.1, -0.05) is 70.5 Å². The van der Waals surface area contributed by atoms with Crippen LogP contribution in [0.2, 0.25) is 0 Å². The SMILES string of the molecule is CC(=O)NCSCC(N)C(=O)NCC(=O)NCC(=O)NCC(=O)NCC(=O)N[C@@H](Cc1ccccc1)C(=O)N1CCCC[C@@H]1C(=O)N[C@H](CCCCC(=N)N)C(=O)Nc1ccc(COC(=O)N[C@@H](CCCN=C(N)N)C(=O)C[C@H]2CSSC[C@@H](C(C)=O)CC2=O)cc1. The maximum Gasteiger partial charge on any atom is 0.408 e. The zero-order valence-corrected chi connectivity index (χ0v) is 54.1. The Kier molecular flexibility index (Phi) is 34.1. The number of nitrogens with one attached hydrogen (secondary N) is 10. The minimum atomic E-state index is -1.22. The van der Waals surface area contributed by atoms with E-state index >= 15 is 0 Å². The second-order valence-electron chi connectivity index (χ2n) is 21.9. The molecule has 1 unspecified atom stereocenters. The van der Waals surface area contributed by atoms with E-state index in [4.69, 9.17) is 33.1 Å². The molecule has 0 aromatic heterocycles. The van der Waals surface area contributed by atoms with Gasteiger partial charge in [-0.15, -0.1) is 11.8 Å². The van der Waals surface area contributed by atoms with Crippen molar-refractivity contribution in [3.05, 3.63) is 65.7 Å². The number of nitrogens with zero attached hydrogens (tertiary/aromatic N) is 2. The van der Waals surface area contributed by atoms with Gasteiger partial charge in [-0.3, -0.25) is 67.9 Å². The fraction of sp³-hybridized carbons (Fsp3) is 0.542. The molecule has 2 aromatic rings. The van der Waals surface area contributed by atoms with Gasteiger partial charge in [0, 0.05) is 80.5 Å². The van der Waals surface area contributed by atoms with Crippen molar-refractivity contribution in [2.24, 2.45) is 39.8 Å². The van der Waals surface area contributed by atoms with E-state index in [1.54, 1.807) is 54.6 Å². The summed E-state index contributed by atoms with van der Waals surface area (Å²) in [4.78, 5) is 175. The third-order valence-corrected chi connectivity index (χ3v) is 17.9. The Morgan fingerprint density at radius 1 is 0.717 bits per heavy atom. The number of amidine groups is 1. The number of ketones is 3. The Hall–Kier alpha value is -8.30. The predicted molar refractivity (Wildman–Crippen MR) is 349 cm³/mol. The smallest absolute Gasteiger partial charge is 0.408 e. The van der Waals surface area contributed by atoms with Crippen LogP contribution in [0.15, 0.2) is 59.6 Å². The zero-order valence-electron chi connectivity index (χ0n) is 51.6. The minimum absolute atomic E-state index is 0.0000224. The molecule has 0 spiro atoms. The molecule has 33 heteroatoms. The summed E-state index contributed by atoms with van der Waals surface area (Å²) in [6.45, 7) is 0.635. The van der Waals surface area contributed by atoms with Crippen molar-refractivity contribution < 1.29 is 67.1 Å². The van der Waals surface area contributed by atoms with Gasteiger partial charge in [0.15, 0.2) is 11.7 Å². The third kappa shape index (κ3) is 29.8. The molecule has 2 fully saturated rings. The fourth-order valence-corrected chi connectivity index (χ4v) is 12.9. The highest BCUT2D eigenvalue weighted by Gasteiger charge is 2.38. The molecule has 10 amide bonds. The lowest BCUT2D eigenvalue weighted by Gasteiger charge is -2.37. The summed E-state index contributed by atoms with van der Waals surface area (Å²) in [7, 11) is 2.90. The van der Waals surface area contributed by atoms with E-state index in [1.165, 1.54) is 52.1 Å². The number of hydrogen-bond donors (Lipinski definition) is 14. The first-order valence-electron chi connectivity index (χ1n) is 30.0. The molecular formula is C59H86N16O14S3. The van der Waals surface area contributed by atoms with Gasteiger partial charge in [0.1, 0.15) is 36.3 Å². The van der Waals surface area contributed by atoms with E-state index in [9.17, 15) is 62.3 Å². The molecule has 2 aliphatic rings. The van der Waals surface area contributed by atoms with Crippen molar-refractivity contribution in [2.45, 2.75) is 128 Å². The number of Topliss-reactive ketones (excluding diaryl/α,β-unsaturated/α-hetero) is 3. The quantitative estimate of drug-likeness (QED) is 0.0128. The first-order valence-corrected chi connectivity index (χ1v) is 33.6. The zero-order chi connectivity index (χ0) is 67.5. The molecule has 2 aromatic carbocycles. The van der Waals surface area contributed by atoms with E-state index in [0.717, 1.165) is 0 Å². The molecule has 92 heavy (non-hydrogen) atoms. The number of hydrogen-bond acceptors (Lipinski definition) is 20. The largest absolute Gasteiger partial charge is 0.445 e. The number of aliphatic imine (C=N–C) groups is 1. The number of carbonyl (C=O) groups is 13. The van der Waals surface area contributed by atoms with Crippen LogP contribution in [0.25, 0.3) is 0 Å². The second kappa shape index (κ2) is 41.2. The van der Waals surface area contributed by atoms with Gasteiger partial charge in [-0.2, -0.15) is 0 Å². The molecule has 30 nitrogen and oxygen atoms in total. The number of carbonyl (C=O) groups excluding carboxylic acids is 13. The van der Waals surface area contributed by atoms with E-state index < -0.39 is 127 Å². The predicted octanol–water partition coefficient (Wildman–Crippen LogP) is -0.883. The van der Waals surface area contributed by atoms with Crippen LogP contribution in [0.4, 0.5) is 10.5 Å². The molecule has 0 bridgehead atoms. The van der Waals surface area contributed by atoms with E-state index in [2.05, 4.69) is 52.8 Å². The normalized spacial score (nSPS) is 16.8. The number of unbranched alkanes of at least 4 members (excludes halogenated alkanes) is 1. The lowest BCUT2D eigenvalue weighted by atomic mass is 9.89. The number of benzene rings is 2. The number of amides is 10. The van der Waals surface area contributed by atoms with Crippen LogP contribution >= 0.6 is 33.3 Å². The summed E-state index contributed by atoms with van der Waals surface area (Å²) in [5, 5.41) is 30.5. The number of ether oxygens (including phenoxy) is 1. The number of guanidine groups is 1. The Labute approximate surface area is 545 Å². The van der Waals surface area contributed by atoms with Gasteiger partial charge in [0.25, 0.3) is 0 Å². The summed E-state index contributed by atoms with van der Waals surface area (Å²) >= 11 is 1.21. The maximum absolute atomic E-state index is 14.6. The fourth-order valence-electron chi connectivity index (χ4n) is 9.31. The molecule has 4 rings (SSSR count). The van der Waals surface area contributed by atoms with Crippen molar-refractivity contribution in [3.8, 4) is 0 Å². The van der Waals surface area contributed by atoms with Crippen molar-refractivity contribution in [1.29, 1.82) is 5.41 Å². The summed E-state index contributed by atoms with van der Waals surface area (Å²) in [5.74, 6) is -6.38. The number of likely N-dealkylation sites (tertiary alicyclic amines) is 1. The van der Waals surface area contributed by atoms with E-state index in [-0.39, 0.29) is 106 Å². The maximum atomic E-state index is 14.6. The van der Waals surface area contributed by atoms with Gasteiger partial charge in [0.2, 0.25) is 53.2 Å². The van der Waals surface area contributed by atoms with Gasteiger partial charge in [-0.05, 0) is 75.1 Å². The Morgan fingerprint density at radius 3 is 2.00 bits per heavy atom. The lowest BCUT2D eigenvalue weighted by molar-refractivity contribution is -0.145. The Bertz CT molecular complexity index is 2920. The van der Waals surface area contributed by atoms with Crippen LogP contribution in [0.5, 0.6) is 0 Å². The van der Waals surface area contributed by atoms with Crippen molar-refractivity contribution in [3.63, 3.8) is 0 Å². The van der Waals surface area contributed by atoms with Crippen molar-refractivity contribution in [1.82, 2.24) is 47.4 Å². The number of alkyl carbamates (subject to hydrolysis) is 1. The van der Waals surface area contributed by atoms with Crippen LogP contribution in [0, 0.1) is 17.2 Å². The average molecular weight is 1340 g/mol. The summed E-state index contributed by atoms with van der Waals surface area (Å²) in [6, 6.07) is 9.65. The molecule has 2 saturated heterocycles. The molecule has 18 N–H and O–H groups in total. The van der Waals surface area contributed by atoms with Crippen LogP contribution in [0.3, 0.4) is 0 Å². The highest BCUT2D eigenvalue weighted by molar-refractivity contribution is 8.76. The molecule has 0 aliphatic carbocycles. The standard InChI is InChI=1S/C59H86N16O14S3/c1-35(76)39-24-47(78)40(32-92-91-31-39)25-48(79)43(14-10-21-65-58(63)64)74-59(88)89-30-38-17-19-41(20-18-38)71-55(85)44(13-6-7-16-49(61)62)73-56(86)46-15-8-9-22-75(46)57(87)45(23-37-11-4-3-5-12-37)72-53(83)29-68-51(81)27-66-50(80)26-67-52(82)28-69-54(84)42(60)33-90-34-70-36(2)77/h3-5,11-12,17-20,39-40,42-46H,6-10,13-16,21-34,60H2,1-2H3,(H3,61,62)(H,66,80)(H,67,82)(H,68,81)(H,69,84)(H,70,77)(H,71,85)(H,72,83)(H,73,86)(H,74,88)(H4,63,64,65)/t39-,40-,42?,43-,44+,45-,46+/m0/s1. The minimum Gasteiger partial charge on any atom is -0.445 e. The number of rotatable bonds is 37. The van der Waals surface area contributed by atoms with Gasteiger partial charge in [0.05, 0.1) is 50.0 Å². The third-order valence-electron chi connectivity index (χ3n) is 14.4. The van der Waals surface area contributed by atoms with Crippen LogP contribution < -0.4 is 70.8 Å². The molecular weight excluding hydrogens is 1250 g/mol. The second-order valence-corrected chi connectivity index (χ2v) is 25.5. The highest BCUT2D eigenvalue weighted by atomic mass is 33.1. The average Bonchev–Trinajstić information content (AvgIpc) is 1.40. The molecule has 2 heterocycles. The van der Waals surface area contributed by atoms with Crippen LogP contribution in [-0.2, 0) is 75.3 Å². The summed E-state index contributed by atoms with van der Waals surface area (Å²) in [5.41, 5.74) is 23.8. The van der Waals surface area contributed by atoms with Gasteiger partial charge in [-0.25, -0.2) is 4.79 Å². The monoisotopic (exact) mass is 1340 g/mol. The van der Waals surface area contributed by atoms with Gasteiger partial charge >= 0.3 is 6.09 Å². The molecule has 504 valence electrons. The Balaban J connectivity index is 1.34. The van der Waals surface area contributed by atoms with Crippen molar-refractivity contribution >= 4 is 127 Å². The summed E-state index contributed by atoms with van der Waals surface area (Å²) < 4.78 is 5.49. The van der Waals surface area contributed by atoms with Crippen LogP contribution in [0.1, 0.15) is 95.6 Å². The lowest BCUT2D eigenvalue weighted by Crippen LogP contribution is -2.60. The van der Waals surface area contributed by atoms with Gasteiger partial charge < -0.3 is 80.4 Å². The highest BCUT2D eigenvalue weighted by Crippen LogP contribution is 2.33. The Morgan fingerprint density at radius 2 is 1.36 bits per heavy atom. The topological polar surface area (TPSA) is 483 Å². The first kappa shape index (κ1) is 76.2. The summed E-state index contributed by atoms with van der Waals surface area (Å²) in [6.07, 6.45) is 1.92. The number of thioether (sulfide) groups is 1. The van der Waals surface area contributed by atoms with Crippen LogP contribution in [-0.4, -0.2) is 186 Å². The van der Waals surface area contributed by atoms with E-state index in [0.29, 0.717) is 60.4 Å².